The van der Waals surface area contributed by atoms with Gasteiger partial charge in [0.1, 0.15) is 0 Å². The van der Waals surface area contributed by atoms with Crippen molar-refractivity contribution >= 4 is 44.0 Å². The monoisotopic (exact) mass is 300 g/mol. The lowest BCUT2D eigenvalue weighted by molar-refractivity contribution is 0.647. The highest BCUT2D eigenvalue weighted by molar-refractivity contribution is 8.17. The van der Waals surface area contributed by atoms with Crippen LogP contribution in [0.4, 0.5) is 0 Å². The standard InChI is InChI=1S/C16H16N2S2/c1-3-13-15(18-6-5-17-16(18)20-13)12-8-10(2)9-14-11(12)4-7-19-14/h4,7-9H,3,5-6H2,1-2H3. The fourth-order valence-electron chi connectivity index (χ4n) is 2.97. The van der Waals surface area contributed by atoms with Gasteiger partial charge in [0, 0.05) is 27.1 Å². The second kappa shape index (κ2) is 4.64. The molecule has 2 aliphatic rings. The molecule has 2 aromatic rings. The van der Waals surface area contributed by atoms with Crippen LogP contribution in [-0.4, -0.2) is 23.2 Å². The van der Waals surface area contributed by atoms with Crippen molar-refractivity contribution in [1.82, 2.24) is 4.90 Å². The number of fused-ring (bicyclic) bond motifs is 2. The summed E-state index contributed by atoms with van der Waals surface area (Å²) in [4.78, 5) is 8.50. The maximum Gasteiger partial charge on any atom is 0.168 e. The minimum atomic E-state index is 0.932. The van der Waals surface area contributed by atoms with E-state index in [-0.39, 0.29) is 0 Å². The van der Waals surface area contributed by atoms with E-state index >= 15 is 0 Å². The Balaban J connectivity index is 1.97. The maximum absolute atomic E-state index is 4.63. The van der Waals surface area contributed by atoms with E-state index < -0.39 is 0 Å². The highest BCUT2D eigenvalue weighted by atomic mass is 32.2. The SMILES string of the molecule is CCC1=C(c2cc(C)cc3sccc23)N2CCN=C2S1. The van der Waals surface area contributed by atoms with Crippen LogP contribution in [0.1, 0.15) is 24.5 Å². The quantitative estimate of drug-likeness (QED) is 0.798. The van der Waals surface area contributed by atoms with E-state index in [1.807, 2.05) is 23.1 Å². The van der Waals surface area contributed by atoms with Gasteiger partial charge in [0.15, 0.2) is 5.17 Å². The molecule has 0 saturated heterocycles. The van der Waals surface area contributed by atoms with Crippen LogP contribution in [0.2, 0.25) is 0 Å². The van der Waals surface area contributed by atoms with Crippen LogP contribution in [0.15, 0.2) is 33.5 Å². The van der Waals surface area contributed by atoms with E-state index in [9.17, 15) is 0 Å². The Labute approximate surface area is 127 Å². The number of rotatable bonds is 2. The lowest BCUT2D eigenvalue weighted by atomic mass is 10.0. The topological polar surface area (TPSA) is 15.6 Å². The Morgan fingerprint density at radius 2 is 2.25 bits per heavy atom. The van der Waals surface area contributed by atoms with Gasteiger partial charge in [-0.2, -0.15) is 0 Å². The maximum atomic E-state index is 4.63. The molecule has 4 heteroatoms. The van der Waals surface area contributed by atoms with Gasteiger partial charge < -0.3 is 4.90 Å². The number of hydrogen-bond acceptors (Lipinski definition) is 4. The third kappa shape index (κ3) is 1.75. The number of hydrogen-bond donors (Lipinski definition) is 0. The van der Waals surface area contributed by atoms with Gasteiger partial charge in [-0.05, 0) is 42.5 Å². The molecule has 102 valence electrons. The van der Waals surface area contributed by atoms with E-state index in [1.54, 1.807) is 0 Å². The molecule has 0 bridgehead atoms. The van der Waals surface area contributed by atoms with Crippen LogP contribution in [0.3, 0.4) is 0 Å². The van der Waals surface area contributed by atoms with Gasteiger partial charge in [-0.15, -0.1) is 11.3 Å². The number of allylic oxidation sites excluding steroid dienone is 1. The van der Waals surface area contributed by atoms with Crippen LogP contribution in [-0.2, 0) is 0 Å². The number of thioether (sulfide) groups is 1. The summed E-state index contributed by atoms with van der Waals surface area (Å²) in [5.74, 6) is 0. The molecule has 20 heavy (non-hydrogen) atoms. The fraction of sp³-hybridized carbons (Fsp3) is 0.312. The van der Waals surface area contributed by atoms with Gasteiger partial charge in [0.05, 0.1) is 12.2 Å². The van der Waals surface area contributed by atoms with Crippen molar-refractivity contribution in [1.29, 1.82) is 0 Å². The zero-order chi connectivity index (χ0) is 13.7. The Hall–Kier alpha value is -1.26. The lowest BCUT2D eigenvalue weighted by Crippen LogP contribution is -2.20. The molecule has 0 radical (unpaired) electrons. The molecule has 0 amide bonds. The summed E-state index contributed by atoms with van der Waals surface area (Å²) in [5.41, 5.74) is 4.13. The smallest absolute Gasteiger partial charge is 0.168 e. The summed E-state index contributed by atoms with van der Waals surface area (Å²) in [6.07, 6.45) is 1.08. The Morgan fingerprint density at radius 3 is 3.10 bits per heavy atom. The lowest BCUT2D eigenvalue weighted by Gasteiger charge is -2.18. The van der Waals surface area contributed by atoms with Gasteiger partial charge in [0.2, 0.25) is 0 Å². The average Bonchev–Trinajstić information content (AvgIpc) is 3.11. The Kier molecular flexibility index (Phi) is 2.89. The van der Waals surface area contributed by atoms with Crippen molar-refractivity contribution in [3.63, 3.8) is 0 Å². The first-order chi connectivity index (χ1) is 9.78. The predicted octanol–water partition coefficient (Wildman–Crippen LogP) is 4.71. The summed E-state index contributed by atoms with van der Waals surface area (Å²) < 4.78 is 1.39. The Morgan fingerprint density at radius 1 is 1.35 bits per heavy atom. The molecule has 1 aromatic heterocycles. The van der Waals surface area contributed by atoms with E-state index in [0.717, 1.165) is 19.5 Å². The molecule has 0 spiro atoms. The third-order valence-corrected chi connectivity index (χ3v) is 5.97. The second-order valence-corrected chi connectivity index (χ2v) is 7.20. The normalized spacial score (nSPS) is 18.1. The molecule has 2 nitrogen and oxygen atoms in total. The summed E-state index contributed by atoms with van der Waals surface area (Å²) in [6.45, 7) is 6.39. The molecule has 0 N–H and O–H groups in total. The van der Waals surface area contributed by atoms with Crippen LogP contribution in [0.5, 0.6) is 0 Å². The number of aryl methyl sites for hydroxylation is 1. The minimum absolute atomic E-state index is 0.932. The van der Waals surface area contributed by atoms with Crippen molar-refractivity contribution in [2.75, 3.05) is 13.1 Å². The first-order valence-electron chi connectivity index (χ1n) is 6.99. The number of aliphatic imine (C=N–C) groups is 1. The third-order valence-electron chi connectivity index (χ3n) is 3.84. The van der Waals surface area contributed by atoms with Crippen LogP contribution in [0.25, 0.3) is 15.8 Å². The van der Waals surface area contributed by atoms with Crippen molar-refractivity contribution in [3.05, 3.63) is 39.6 Å². The van der Waals surface area contributed by atoms with Crippen LogP contribution >= 0.6 is 23.1 Å². The molecular formula is C16H16N2S2. The first kappa shape index (κ1) is 12.5. The molecule has 0 saturated carbocycles. The summed E-state index contributed by atoms with van der Waals surface area (Å²) in [5, 5.41) is 4.78. The molecular weight excluding hydrogens is 284 g/mol. The van der Waals surface area contributed by atoms with Crippen molar-refractivity contribution in [2.24, 2.45) is 4.99 Å². The molecule has 0 atom stereocenters. The van der Waals surface area contributed by atoms with E-state index in [4.69, 9.17) is 0 Å². The zero-order valence-corrected chi connectivity index (χ0v) is 13.3. The fourth-order valence-corrected chi connectivity index (χ4v) is 5.01. The van der Waals surface area contributed by atoms with Gasteiger partial charge >= 0.3 is 0 Å². The first-order valence-corrected chi connectivity index (χ1v) is 8.68. The number of nitrogens with zero attached hydrogens (tertiary/aromatic N) is 2. The van der Waals surface area contributed by atoms with Crippen molar-refractivity contribution in [2.45, 2.75) is 20.3 Å². The van der Waals surface area contributed by atoms with Crippen LogP contribution in [0, 0.1) is 6.92 Å². The molecule has 0 aliphatic carbocycles. The van der Waals surface area contributed by atoms with E-state index in [0.29, 0.717) is 0 Å². The molecule has 0 unspecified atom stereocenters. The second-order valence-electron chi connectivity index (χ2n) is 5.19. The van der Waals surface area contributed by atoms with Crippen molar-refractivity contribution in [3.8, 4) is 0 Å². The van der Waals surface area contributed by atoms with Crippen molar-refractivity contribution < 1.29 is 0 Å². The summed E-state index contributed by atoms with van der Waals surface area (Å²) >= 11 is 3.69. The predicted molar refractivity (Wildman–Crippen MR) is 90.4 cm³/mol. The van der Waals surface area contributed by atoms with Gasteiger partial charge in [-0.3, -0.25) is 4.99 Å². The molecule has 0 fully saturated rings. The molecule has 3 heterocycles. The Bertz CT molecular complexity index is 755. The van der Waals surface area contributed by atoms with E-state index in [1.165, 1.54) is 37.0 Å². The number of benzene rings is 1. The summed E-state index contributed by atoms with van der Waals surface area (Å²) in [7, 11) is 0. The van der Waals surface area contributed by atoms with Gasteiger partial charge in [-0.1, -0.05) is 18.7 Å². The van der Waals surface area contributed by atoms with Crippen LogP contribution < -0.4 is 0 Å². The number of amidine groups is 1. The minimum Gasteiger partial charge on any atom is -0.318 e. The number of thiophene rings is 1. The van der Waals surface area contributed by atoms with E-state index in [2.05, 4.69) is 47.3 Å². The summed E-state index contributed by atoms with van der Waals surface area (Å²) in [6, 6.07) is 6.88. The molecule has 2 aliphatic heterocycles. The molecule has 1 aromatic carbocycles. The van der Waals surface area contributed by atoms with Gasteiger partial charge in [-0.25, -0.2) is 0 Å². The zero-order valence-electron chi connectivity index (χ0n) is 11.6. The largest absolute Gasteiger partial charge is 0.318 e. The average molecular weight is 300 g/mol. The highest BCUT2D eigenvalue weighted by Crippen LogP contribution is 2.45. The highest BCUT2D eigenvalue weighted by Gasteiger charge is 2.32. The van der Waals surface area contributed by atoms with Gasteiger partial charge in [0.25, 0.3) is 0 Å². The molecule has 4 rings (SSSR count).